The molecule has 20 heavy (non-hydrogen) atoms. The molecule has 0 aliphatic rings. The summed E-state index contributed by atoms with van der Waals surface area (Å²) >= 11 is 0. The maximum Gasteiger partial charge on any atom is 0.269 e. The number of amides is 1. The number of carbonyl (C=O) groups is 1. The van der Waals surface area contributed by atoms with Crippen LogP contribution in [-0.2, 0) is 6.54 Å². The molecule has 0 bridgehead atoms. The van der Waals surface area contributed by atoms with Crippen molar-refractivity contribution in [3.05, 3.63) is 69.8 Å². The lowest BCUT2D eigenvalue weighted by Crippen LogP contribution is -2.22. The highest BCUT2D eigenvalue weighted by molar-refractivity contribution is 5.96. The molecule has 6 heteroatoms. The Balaban J connectivity index is 2.06. The SMILES string of the molecule is O=C(NCc1cccc([N+](=O)[O-])c1)c1ccccc1O. The van der Waals surface area contributed by atoms with E-state index < -0.39 is 10.8 Å². The van der Waals surface area contributed by atoms with Crippen molar-refractivity contribution in [1.29, 1.82) is 0 Å². The first kappa shape index (κ1) is 13.5. The van der Waals surface area contributed by atoms with Crippen molar-refractivity contribution in [2.75, 3.05) is 0 Å². The van der Waals surface area contributed by atoms with E-state index in [1.54, 1.807) is 24.3 Å². The van der Waals surface area contributed by atoms with Gasteiger partial charge in [-0.15, -0.1) is 0 Å². The van der Waals surface area contributed by atoms with Crippen molar-refractivity contribution in [2.24, 2.45) is 0 Å². The zero-order chi connectivity index (χ0) is 14.5. The second kappa shape index (κ2) is 5.83. The third-order valence-corrected chi connectivity index (χ3v) is 2.72. The van der Waals surface area contributed by atoms with E-state index in [0.29, 0.717) is 5.56 Å². The highest BCUT2D eigenvalue weighted by Gasteiger charge is 2.10. The lowest BCUT2D eigenvalue weighted by molar-refractivity contribution is -0.384. The maximum atomic E-state index is 11.9. The van der Waals surface area contributed by atoms with Crippen molar-refractivity contribution in [3.8, 4) is 5.75 Å². The average Bonchev–Trinajstić information content (AvgIpc) is 2.45. The number of benzene rings is 2. The Morgan fingerprint density at radius 3 is 2.65 bits per heavy atom. The molecule has 2 aromatic rings. The second-order valence-corrected chi connectivity index (χ2v) is 4.13. The van der Waals surface area contributed by atoms with Gasteiger partial charge >= 0.3 is 0 Å². The number of nitro benzene ring substituents is 1. The molecule has 2 N–H and O–H groups in total. The fourth-order valence-corrected chi connectivity index (χ4v) is 1.72. The zero-order valence-corrected chi connectivity index (χ0v) is 10.4. The first-order valence-electron chi connectivity index (χ1n) is 5.87. The van der Waals surface area contributed by atoms with Gasteiger partial charge in [-0.3, -0.25) is 14.9 Å². The van der Waals surface area contributed by atoms with E-state index >= 15 is 0 Å². The number of nitrogens with one attached hydrogen (secondary N) is 1. The molecule has 0 heterocycles. The molecular formula is C14H12N2O4. The van der Waals surface area contributed by atoms with Crippen LogP contribution in [0.2, 0.25) is 0 Å². The lowest BCUT2D eigenvalue weighted by Gasteiger charge is -2.06. The van der Waals surface area contributed by atoms with Gasteiger partial charge in [-0.05, 0) is 17.7 Å². The van der Waals surface area contributed by atoms with E-state index in [1.807, 2.05) is 0 Å². The molecule has 0 atom stereocenters. The monoisotopic (exact) mass is 272 g/mol. The number of phenolic OH excluding ortho intramolecular Hbond substituents is 1. The molecule has 0 fully saturated rings. The van der Waals surface area contributed by atoms with Crippen LogP contribution in [0.15, 0.2) is 48.5 Å². The molecule has 102 valence electrons. The van der Waals surface area contributed by atoms with Crippen molar-refractivity contribution < 1.29 is 14.8 Å². The van der Waals surface area contributed by atoms with Gasteiger partial charge in [0, 0.05) is 18.7 Å². The molecule has 0 saturated heterocycles. The molecule has 0 spiro atoms. The molecule has 0 saturated carbocycles. The average molecular weight is 272 g/mol. The zero-order valence-electron chi connectivity index (χ0n) is 10.4. The molecule has 6 nitrogen and oxygen atoms in total. The van der Waals surface area contributed by atoms with E-state index in [1.165, 1.54) is 24.3 Å². The van der Waals surface area contributed by atoms with Gasteiger partial charge in [-0.2, -0.15) is 0 Å². The minimum atomic E-state index is -0.492. The first-order valence-corrected chi connectivity index (χ1v) is 5.87. The number of rotatable bonds is 4. The van der Waals surface area contributed by atoms with E-state index in [9.17, 15) is 20.0 Å². The molecule has 0 aliphatic heterocycles. The van der Waals surface area contributed by atoms with E-state index in [2.05, 4.69) is 5.32 Å². The number of carbonyl (C=O) groups excluding carboxylic acids is 1. The summed E-state index contributed by atoms with van der Waals surface area (Å²) in [7, 11) is 0. The highest BCUT2D eigenvalue weighted by Crippen LogP contribution is 2.16. The molecule has 0 aromatic heterocycles. The summed E-state index contributed by atoms with van der Waals surface area (Å²) in [5, 5.41) is 22.8. The molecular weight excluding hydrogens is 260 g/mol. The fourth-order valence-electron chi connectivity index (χ4n) is 1.72. The van der Waals surface area contributed by atoms with Crippen LogP contribution in [0.1, 0.15) is 15.9 Å². The van der Waals surface area contributed by atoms with Gasteiger partial charge in [0.1, 0.15) is 5.75 Å². The summed E-state index contributed by atoms with van der Waals surface area (Å²) < 4.78 is 0. The normalized spacial score (nSPS) is 10.0. The van der Waals surface area contributed by atoms with Crippen LogP contribution in [0, 0.1) is 10.1 Å². The fraction of sp³-hybridized carbons (Fsp3) is 0.0714. The quantitative estimate of drug-likeness (QED) is 0.659. The molecule has 0 radical (unpaired) electrons. The summed E-state index contributed by atoms with van der Waals surface area (Å²) in [6, 6.07) is 12.2. The van der Waals surface area contributed by atoms with Crippen LogP contribution in [-0.4, -0.2) is 15.9 Å². The van der Waals surface area contributed by atoms with Gasteiger partial charge in [-0.25, -0.2) is 0 Å². The van der Waals surface area contributed by atoms with E-state index in [4.69, 9.17) is 0 Å². The summed E-state index contributed by atoms with van der Waals surface area (Å²) in [5.41, 5.74) is 0.750. The first-order chi connectivity index (χ1) is 9.58. The Morgan fingerprint density at radius 1 is 1.20 bits per heavy atom. The second-order valence-electron chi connectivity index (χ2n) is 4.13. The minimum absolute atomic E-state index is 0.0284. The maximum absolute atomic E-state index is 11.9. The van der Waals surface area contributed by atoms with Crippen LogP contribution in [0.25, 0.3) is 0 Å². The number of non-ortho nitro benzene ring substituents is 1. The Morgan fingerprint density at radius 2 is 1.95 bits per heavy atom. The number of hydrogen-bond donors (Lipinski definition) is 2. The number of aromatic hydroxyl groups is 1. The van der Waals surface area contributed by atoms with Gasteiger partial charge < -0.3 is 10.4 Å². The van der Waals surface area contributed by atoms with Gasteiger partial charge in [-0.1, -0.05) is 24.3 Å². The number of hydrogen-bond acceptors (Lipinski definition) is 4. The van der Waals surface area contributed by atoms with Crippen LogP contribution in [0.3, 0.4) is 0 Å². The van der Waals surface area contributed by atoms with E-state index in [0.717, 1.165) is 0 Å². The predicted octanol–water partition coefficient (Wildman–Crippen LogP) is 2.23. The topological polar surface area (TPSA) is 92.5 Å². The summed E-state index contributed by atoms with van der Waals surface area (Å²) in [6.45, 7) is 0.148. The third-order valence-electron chi connectivity index (χ3n) is 2.72. The van der Waals surface area contributed by atoms with Gasteiger partial charge in [0.05, 0.1) is 10.5 Å². The summed E-state index contributed by atoms with van der Waals surface area (Å²) in [6.07, 6.45) is 0. The molecule has 2 aromatic carbocycles. The van der Waals surface area contributed by atoms with Crippen molar-refractivity contribution in [3.63, 3.8) is 0 Å². The third kappa shape index (κ3) is 3.11. The number of nitro groups is 1. The molecule has 1 amide bonds. The lowest BCUT2D eigenvalue weighted by atomic mass is 10.1. The van der Waals surface area contributed by atoms with Crippen LogP contribution in [0.5, 0.6) is 5.75 Å². The van der Waals surface area contributed by atoms with Crippen LogP contribution < -0.4 is 5.32 Å². The van der Waals surface area contributed by atoms with Crippen LogP contribution in [0.4, 0.5) is 5.69 Å². The van der Waals surface area contributed by atoms with E-state index in [-0.39, 0.29) is 23.5 Å². The van der Waals surface area contributed by atoms with Gasteiger partial charge in [0.2, 0.25) is 0 Å². The Bertz CT molecular complexity index is 655. The largest absolute Gasteiger partial charge is 0.507 e. The van der Waals surface area contributed by atoms with Gasteiger partial charge in [0.25, 0.3) is 11.6 Å². The predicted molar refractivity (Wildman–Crippen MR) is 72.4 cm³/mol. The smallest absolute Gasteiger partial charge is 0.269 e. The number of para-hydroxylation sites is 1. The Kier molecular flexibility index (Phi) is 3.95. The number of phenols is 1. The standard InChI is InChI=1S/C14H12N2O4/c17-13-7-2-1-6-12(13)14(18)15-9-10-4-3-5-11(8-10)16(19)20/h1-8,17H,9H2,(H,15,18). The summed E-state index contributed by atoms with van der Waals surface area (Å²) in [4.78, 5) is 22.0. The van der Waals surface area contributed by atoms with Crippen molar-refractivity contribution >= 4 is 11.6 Å². The number of nitrogens with zero attached hydrogens (tertiary/aromatic N) is 1. The molecule has 0 unspecified atom stereocenters. The van der Waals surface area contributed by atoms with Crippen molar-refractivity contribution in [2.45, 2.75) is 6.54 Å². The van der Waals surface area contributed by atoms with Crippen LogP contribution >= 0.6 is 0 Å². The Labute approximate surface area is 114 Å². The molecule has 2 rings (SSSR count). The Hall–Kier alpha value is -2.89. The van der Waals surface area contributed by atoms with Gasteiger partial charge in [0.15, 0.2) is 0 Å². The summed E-state index contributed by atoms with van der Waals surface area (Å²) in [5.74, 6) is -0.543. The highest BCUT2D eigenvalue weighted by atomic mass is 16.6. The molecule has 0 aliphatic carbocycles. The van der Waals surface area contributed by atoms with Crippen molar-refractivity contribution in [1.82, 2.24) is 5.32 Å². The minimum Gasteiger partial charge on any atom is -0.507 e.